The Hall–Kier alpha value is -2.44. The lowest BCUT2D eigenvalue weighted by Gasteiger charge is -2.27. The largest absolute Gasteiger partial charge is 0.872 e. The van der Waals surface area contributed by atoms with Gasteiger partial charge in [-0.25, -0.2) is 0 Å². The minimum absolute atomic E-state index is 0.0363. The molecule has 3 rings (SSSR count). The fourth-order valence-electron chi connectivity index (χ4n) is 3.59. The van der Waals surface area contributed by atoms with Crippen molar-refractivity contribution in [3.05, 3.63) is 75.3 Å². The van der Waals surface area contributed by atoms with Crippen LogP contribution in [0, 0.1) is 6.92 Å². The first-order valence-electron chi connectivity index (χ1n) is 9.67. The van der Waals surface area contributed by atoms with Crippen LogP contribution in [0.4, 0.5) is 0 Å². The summed E-state index contributed by atoms with van der Waals surface area (Å²) in [7, 11) is 4.09. The molecule has 0 spiro atoms. The number of nitrogens with one attached hydrogen (secondary N) is 1. The summed E-state index contributed by atoms with van der Waals surface area (Å²) in [6, 6.07) is 13.9. The Balaban J connectivity index is 2.09. The molecule has 1 atom stereocenters. The summed E-state index contributed by atoms with van der Waals surface area (Å²) in [6.07, 6.45) is 0.748. The first kappa shape index (κ1) is 21.3. The average molecular weight is 457 g/mol. The topological polar surface area (TPSA) is 64.9 Å². The van der Waals surface area contributed by atoms with E-state index >= 15 is 0 Å². The SMILES string of the molecule is Cc1ccc(C([O-])=C2C(=O)C(=O)N(CCC[NH+](C)C)C2c2cccc(Br)c2)cc1. The zero-order chi connectivity index (χ0) is 21.1. The van der Waals surface area contributed by atoms with Gasteiger partial charge in [0.1, 0.15) is 0 Å². The molecule has 2 aromatic rings. The van der Waals surface area contributed by atoms with E-state index in [9.17, 15) is 14.7 Å². The van der Waals surface area contributed by atoms with Crippen LogP contribution in [-0.4, -0.2) is 43.8 Å². The standard InChI is InChI=1S/C23H25BrN2O3/c1-15-8-10-16(11-9-15)21(27)19-20(17-6-4-7-18(24)14-17)26(23(29)22(19)28)13-5-12-25(2)3/h4,6-11,14,20,27H,5,12-13H2,1-3H3. The molecule has 29 heavy (non-hydrogen) atoms. The van der Waals surface area contributed by atoms with Crippen LogP contribution in [-0.2, 0) is 9.59 Å². The fraction of sp³-hybridized carbons (Fsp3) is 0.304. The Labute approximate surface area is 179 Å². The van der Waals surface area contributed by atoms with Gasteiger partial charge in [0, 0.05) is 23.0 Å². The zero-order valence-electron chi connectivity index (χ0n) is 16.9. The van der Waals surface area contributed by atoms with E-state index in [0.29, 0.717) is 12.1 Å². The molecule has 1 heterocycles. The molecule has 6 heteroatoms. The first-order chi connectivity index (χ1) is 13.8. The number of carbonyl (C=O) groups is 2. The van der Waals surface area contributed by atoms with Gasteiger partial charge in [-0.15, -0.1) is 0 Å². The molecule has 1 N–H and O–H groups in total. The highest BCUT2D eigenvalue weighted by molar-refractivity contribution is 9.10. The number of amides is 1. The van der Waals surface area contributed by atoms with Crippen LogP contribution in [0.5, 0.6) is 0 Å². The molecule has 0 saturated carbocycles. The van der Waals surface area contributed by atoms with Crippen LogP contribution in [0.2, 0.25) is 0 Å². The smallest absolute Gasteiger partial charge is 0.295 e. The highest BCUT2D eigenvalue weighted by atomic mass is 79.9. The van der Waals surface area contributed by atoms with Crippen molar-refractivity contribution in [3.8, 4) is 0 Å². The molecule has 5 nitrogen and oxygen atoms in total. The quantitative estimate of drug-likeness (QED) is 0.407. The summed E-state index contributed by atoms with van der Waals surface area (Å²) < 4.78 is 0.835. The van der Waals surface area contributed by atoms with E-state index < -0.39 is 17.7 Å². The summed E-state index contributed by atoms with van der Waals surface area (Å²) in [5, 5.41) is 13.3. The Morgan fingerprint density at radius 2 is 1.83 bits per heavy atom. The van der Waals surface area contributed by atoms with Crippen molar-refractivity contribution in [1.29, 1.82) is 0 Å². The second kappa shape index (κ2) is 8.93. The van der Waals surface area contributed by atoms with E-state index in [-0.39, 0.29) is 11.3 Å². The molecule has 1 aliphatic rings. The van der Waals surface area contributed by atoms with Gasteiger partial charge >= 0.3 is 0 Å². The molecule has 1 saturated heterocycles. The van der Waals surface area contributed by atoms with Crippen LogP contribution in [0.3, 0.4) is 0 Å². The van der Waals surface area contributed by atoms with E-state index in [1.165, 1.54) is 4.90 Å². The average Bonchev–Trinajstić information content (AvgIpc) is 2.93. The third kappa shape index (κ3) is 4.60. The number of hydrogen-bond acceptors (Lipinski definition) is 3. The van der Waals surface area contributed by atoms with Crippen molar-refractivity contribution in [2.45, 2.75) is 19.4 Å². The van der Waals surface area contributed by atoms with Crippen LogP contribution < -0.4 is 10.0 Å². The molecule has 0 aliphatic carbocycles. The molecule has 1 fully saturated rings. The third-order valence-corrected chi connectivity index (χ3v) is 5.58. The lowest BCUT2D eigenvalue weighted by molar-refractivity contribution is -0.858. The molecule has 0 radical (unpaired) electrons. The molecule has 0 bridgehead atoms. The summed E-state index contributed by atoms with van der Waals surface area (Å²) in [6.45, 7) is 3.23. The normalized spacial score (nSPS) is 18.7. The molecular formula is C23H25BrN2O3. The first-order valence-corrected chi connectivity index (χ1v) is 10.5. The van der Waals surface area contributed by atoms with Crippen molar-refractivity contribution in [2.75, 3.05) is 27.2 Å². The van der Waals surface area contributed by atoms with Crippen molar-refractivity contribution < 1.29 is 19.6 Å². The number of benzene rings is 2. The van der Waals surface area contributed by atoms with Crippen molar-refractivity contribution in [2.24, 2.45) is 0 Å². The van der Waals surface area contributed by atoms with Gasteiger partial charge in [-0.2, -0.15) is 0 Å². The van der Waals surface area contributed by atoms with Crippen molar-refractivity contribution in [1.82, 2.24) is 4.90 Å². The third-order valence-electron chi connectivity index (χ3n) is 5.08. The maximum Gasteiger partial charge on any atom is 0.295 e. The van der Waals surface area contributed by atoms with Crippen LogP contribution in [0.25, 0.3) is 5.76 Å². The zero-order valence-corrected chi connectivity index (χ0v) is 18.5. The minimum Gasteiger partial charge on any atom is -0.872 e. The maximum absolute atomic E-state index is 13.3. The van der Waals surface area contributed by atoms with Crippen molar-refractivity contribution in [3.63, 3.8) is 0 Å². The lowest BCUT2D eigenvalue weighted by Crippen LogP contribution is -3.05. The Kier molecular flexibility index (Phi) is 6.55. The number of ketones is 1. The monoisotopic (exact) mass is 456 g/mol. The molecule has 1 unspecified atom stereocenters. The van der Waals surface area contributed by atoms with Crippen LogP contribution in [0.1, 0.15) is 29.2 Å². The van der Waals surface area contributed by atoms with E-state index in [4.69, 9.17) is 0 Å². The number of nitrogens with zero attached hydrogens (tertiary/aromatic N) is 1. The molecule has 152 valence electrons. The van der Waals surface area contributed by atoms with E-state index in [1.54, 1.807) is 17.0 Å². The van der Waals surface area contributed by atoms with E-state index in [0.717, 1.165) is 28.6 Å². The number of rotatable bonds is 6. The molecule has 1 aliphatic heterocycles. The molecule has 2 aromatic carbocycles. The summed E-state index contributed by atoms with van der Waals surface area (Å²) >= 11 is 3.46. The molecule has 1 amide bonds. The highest BCUT2D eigenvalue weighted by Gasteiger charge is 2.43. The summed E-state index contributed by atoms with van der Waals surface area (Å²) in [5.41, 5.74) is 2.24. The Bertz CT molecular complexity index is 951. The second-order valence-corrected chi connectivity index (χ2v) is 8.62. The van der Waals surface area contributed by atoms with Gasteiger partial charge < -0.3 is 14.9 Å². The van der Waals surface area contributed by atoms with Gasteiger partial charge in [0.2, 0.25) is 5.78 Å². The number of likely N-dealkylation sites (tertiary alicyclic amines) is 1. The van der Waals surface area contributed by atoms with E-state index in [1.807, 2.05) is 57.4 Å². The predicted octanol–water partition coefficient (Wildman–Crippen LogP) is 1.52. The number of quaternary nitrogens is 1. The number of halogens is 1. The number of Topliss-reactive ketones (excluding diaryl/α,β-unsaturated/α-hetero) is 1. The van der Waals surface area contributed by atoms with Gasteiger partial charge in [0.05, 0.1) is 26.7 Å². The number of aryl methyl sites for hydroxylation is 1. The fourth-order valence-corrected chi connectivity index (χ4v) is 4.00. The van der Waals surface area contributed by atoms with E-state index in [2.05, 4.69) is 15.9 Å². The number of carbonyl (C=O) groups excluding carboxylic acids is 2. The summed E-state index contributed by atoms with van der Waals surface area (Å²) in [4.78, 5) is 28.5. The van der Waals surface area contributed by atoms with Crippen LogP contribution >= 0.6 is 15.9 Å². The molecular weight excluding hydrogens is 432 g/mol. The lowest BCUT2D eigenvalue weighted by atomic mass is 9.95. The van der Waals surface area contributed by atoms with Crippen LogP contribution in [0.15, 0.2) is 58.6 Å². The predicted molar refractivity (Wildman–Crippen MR) is 114 cm³/mol. The summed E-state index contributed by atoms with van der Waals surface area (Å²) in [5.74, 6) is -1.67. The van der Waals surface area contributed by atoms with Gasteiger partial charge in [-0.05, 0) is 30.2 Å². The van der Waals surface area contributed by atoms with Gasteiger partial charge in [0.25, 0.3) is 5.91 Å². The van der Waals surface area contributed by atoms with Gasteiger partial charge in [0.15, 0.2) is 0 Å². The van der Waals surface area contributed by atoms with Gasteiger partial charge in [-0.3, -0.25) is 9.59 Å². The Morgan fingerprint density at radius 1 is 1.14 bits per heavy atom. The highest BCUT2D eigenvalue weighted by Crippen LogP contribution is 2.39. The number of hydrogen-bond donors (Lipinski definition) is 1. The van der Waals surface area contributed by atoms with Crippen molar-refractivity contribution >= 4 is 33.4 Å². The Morgan fingerprint density at radius 3 is 2.45 bits per heavy atom. The maximum atomic E-state index is 13.3. The molecule has 0 aromatic heterocycles. The van der Waals surface area contributed by atoms with Gasteiger partial charge in [-0.1, -0.05) is 63.7 Å². The second-order valence-electron chi connectivity index (χ2n) is 7.70. The minimum atomic E-state index is -0.697.